The standard InChI is InChI=1S/C23H31N3O2/c1-15-9-12-21(27)18(14-15)20-8-3-4-13-26(20)23(28)25-19-7-5-6-17-11-10-16(2)24-22(17)19/h5-7,10-11,15,18,20-21,27H,3-4,8-9,12-14H2,1-2H3,(H,25,28). The second kappa shape index (κ2) is 8.08. The first-order valence-corrected chi connectivity index (χ1v) is 10.6. The van der Waals surface area contributed by atoms with Gasteiger partial charge in [-0.15, -0.1) is 0 Å². The summed E-state index contributed by atoms with van der Waals surface area (Å²) in [5.41, 5.74) is 2.52. The van der Waals surface area contributed by atoms with E-state index in [4.69, 9.17) is 0 Å². The maximum Gasteiger partial charge on any atom is 0.322 e. The smallest absolute Gasteiger partial charge is 0.322 e. The van der Waals surface area contributed by atoms with E-state index in [0.717, 1.165) is 67.4 Å². The van der Waals surface area contributed by atoms with Crippen molar-refractivity contribution in [2.24, 2.45) is 11.8 Å². The summed E-state index contributed by atoms with van der Waals surface area (Å²) in [5, 5.41) is 14.8. The number of aliphatic hydroxyl groups is 1. The molecule has 1 saturated carbocycles. The number of carbonyl (C=O) groups excluding carboxylic acids is 1. The van der Waals surface area contributed by atoms with Crippen LogP contribution in [-0.2, 0) is 0 Å². The fraction of sp³-hybridized carbons (Fsp3) is 0.565. The van der Waals surface area contributed by atoms with Crippen molar-refractivity contribution >= 4 is 22.6 Å². The van der Waals surface area contributed by atoms with Crippen LogP contribution in [0.3, 0.4) is 0 Å². The van der Waals surface area contributed by atoms with Crippen molar-refractivity contribution in [1.82, 2.24) is 9.88 Å². The maximum atomic E-state index is 13.2. The van der Waals surface area contributed by atoms with E-state index < -0.39 is 0 Å². The number of carbonyl (C=O) groups is 1. The highest BCUT2D eigenvalue weighted by Crippen LogP contribution is 2.37. The highest BCUT2D eigenvalue weighted by Gasteiger charge is 2.39. The quantitative estimate of drug-likeness (QED) is 0.790. The van der Waals surface area contributed by atoms with Crippen LogP contribution in [0.1, 0.15) is 51.1 Å². The van der Waals surface area contributed by atoms with E-state index in [1.54, 1.807) is 0 Å². The third-order valence-electron chi connectivity index (χ3n) is 6.53. The van der Waals surface area contributed by atoms with Crippen LogP contribution in [0.15, 0.2) is 30.3 Å². The van der Waals surface area contributed by atoms with Crippen LogP contribution >= 0.6 is 0 Å². The molecule has 5 heteroatoms. The number of pyridine rings is 1. The second-order valence-electron chi connectivity index (χ2n) is 8.67. The number of amides is 2. The van der Waals surface area contributed by atoms with Gasteiger partial charge in [-0.05, 0) is 63.5 Å². The van der Waals surface area contributed by atoms with Gasteiger partial charge < -0.3 is 15.3 Å². The van der Waals surface area contributed by atoms with E-state index in [0.29, 0.717) is 5.92 Å². The summed E-state index contributed by atoms with van der Waals surface area (Å²) in [5.74, 6) is 0.799. The number of aryl methyl sites for hydroxylation is 1. The minimum atomic E-state index is -0.295. The van der Waals surface area contributed by atoms with Crippen LogP contribution in [0.5, 0.6) is 0 Å². The number of urea groups is 1. The lowest BCUT2D eigenvalue weighted by molar-refractivity contribution is -0.00306. The van der Waals surface area contributed by atoms with Gasteiger partial charge in [0.2, 0.25) is 0 Å². The number of para-hydroxylation sites is 1. The molecule has 2 aliphatic rings. The number of aromatic nitrogens is 1. The first-order chi connectivity index (χ1) is 13.5. The van der Waals surface area contributed by atoms with Crippen molar-refractivity contribution in [2.45, 2.75) is 64.5 Å². The molecule has 4 unspecified atom stereocenters. The molecule has 2 heterocycles. The lowest BCUT2D eigenvalue weighted by Crippen LogP contribution is -2.53. The zero-order valence-corrected chi connectivity index (χ0v) is 16.9. The third-order valence-corrected chi connectivity index (χ3v) is 6.53. The van der Waals surface area contributed by atoms with Gasteiger partial charge in [0.1, 0.15) is 0 Å². The zero-order chi connectivity index (χ0) is 19.7. The summed E-state index contributed by atoms with van der Waals surface area (Å²) in [6.45, 7) is 4.98. The van der Waals surface area contributed by atoms with Gasteiger partial charge in [0.25, 0.3) is 0 Å². The molecule has 0 bridgehead atoms. The van der Waals surface area contributed by atoms with E-state index >= 15 is 0 Å². The van der Waals surface area contributed by atoms with Crippen molar-refractivity contribution in [2.75, 3.05) is 11.9 Å². The van der Waals surface area contributed by atoms with E-state index in [9.17, 15) is 9.90 Å². The largest absolute Gasteiger partial charge is 0.393 e. The Labute approximate surface area is 167 Å². The van der Waals surface area contributed by atoms with E-state index in [1.807, 2.05) is 42.2 Å². The number of hydrogen-bond donors (Lipinski definition) is 2. The van der Waals surface area contributed by atoms with Gasteiger partial charge in [-0.2, -0.15) is 0 Å². The average Bonchev–Trinajstić information content (AvgIpc) is 2.70. The van der Waals surface area contributed by atoms with Crippen LogP contribution in [-0.4, -0.2) is 39.7 Å². The summed E-state index contributed by atoms with van der Waals surface area (Å²) in [6, 6.07) is 9.97. The predicted molar refractivity (Wildman–Crippen MR) is 112 cm³/mol. The molecular weight excluding hydrogens is 350 g/mol. The summed E-state index contributed by atoms with van der Waals surface area (Å²) in [4.78, 5) is 19.9. The average molecular weight is 382 g/mol. The molecule has 0 spiro atoms. The molecule has 0 radical (unpaired) electrons. The Bertz CT molecular complexity index is 853. The molecule has 28 heavy (non-hydrogen) atoms. The van der Waals surface area contributed by atoms with E-state index in [-0.39, 0.29) is 24.1 Å². The number of aliphatic hydroxyl groups excluding tert-OH is 1. The lowest BCUT2D eigenvalue weighted by Gasteiger charge is -2.44. The first kappa shape index (κ1) is 19.2. The van der Waals surface area contributed by atoms with Gasteiger partial charge in [0.15, 0.2) is 0 Å². The zero-order valence-electron chi connectivity index (χ0n) is 16.9. The Hall–Kier alpha value is -2.14. The second-order valence-corrected chi connectivity index (χ2v) is 8.67. The van der Waals surface area contributed by atoms with Crippen LogP contribution in [0.25, 0.3) is 10.9 Å². The monoisotopic (exact) mass is 381 g/mol. The Morgan fingerprint density at radius 2 is 2.04 bits per heavy atom. The third kappa shape index (κ3) is 3.86. The maximum absolute atomic E-state index is 13.2. The molecule has 2 amide bonds. The topological polar surface area (TPSA) is 65.5 Å². The normalized spacial score (nSPS) is 28.3. The molecular formula is C23H31N3O2. The van der Waals surface area contributed by atoms with Gasteiger partial charge >= 0.3 is 6.03 Å². The molecule has 1 saturated heterocycles. The molecule has 4 rings (SSSR count). The number of rotatable bonds is 2. The minimum Gasteiger partial charge on any atom is -0.393 e. The minimum absolute atomic E-state index is 0.0640. The van der Waals surface area contributed by atoms with E-state index in [1.165, 1.54) is 0 Å². The molecule has 1 aliphatic heterocycles. The Morgan fingerprint density at radius 3 is 2.89 bits per heavy atom. The predicted octanol–water partition coefficient (Wildman–Crippen LogP) is 4.73. The molecule has 150 valence electrons. The molecule has 1 aromatic heterocycles. The Kier molecular flexibility index (Phi) is 5.54. The van der Waals surface area contributed by atoms with Gasteiger partial charge in [-0.25, -0.2) is 4.79 Å². The van der Waals surface area contributed by atoms with Crippen molar-refractivity contribution in [3.05, 3.63) is 36.0 Å². The van der Waals surface area contributed by atoms with Crippen molar-refractivity contribution in [1.29, 1.82) is 0 Å². The van der Waals surface area contributed by atoms with Gasteiger partial charge in [0.05, 0.1) is 17.3 Å². The van der Waals surface area contributed by atoms with Crippen LogP contribution < -0.4 is 5.32 Å². The Balaban J connectivity index is 1.57. The summed E-state index contributed by atoms with van der Waals surface area (Å²) in [7, 11) is 0. The van der Waals surface area contributed by atoms with Crippen LogP contribution in [0.4, 0.5) is 10.5 Å². The first-order valence-electron chi connectivity index (χ1n) is 10.6. The highest BCUT2D eigenvalue weighted by molar-refractivity contribution is 5.99. The molecule has 4 atom stereocenters. The highest BCUT2D eigenvalue weighted by atomic mass is 16.3. The SMILES string of the molecule is Cc1ccc2cccc(NC(=O)N3CCCCC3C3CC(C)CCC3O)c2n1. The number of nitrogens with one attached hydrogen (secondary N) is 1. The van der Waals surface area contributed by atoms with Crippen LogP contribution in [0.2, 0.25) is 0 Å². The number of nitrogens with zero attached hydrogens (tertiary/aromatic N) is 2. The molecule has 5 nitrogen and oxygen atoms in total. The molecule has 2 N–H and O–H groups in total. The summed E-state index contributed by atoms with van der Waals surface area (Å²) in [6.07, 6.45) is 5.77. The summed E-state index contributed by atoms with van der Waals surface area (Å²) < 4.78 is 0. The number of piperidine rings is 1. The van der Waals surface area contributed by atoms with E-state index in [2.05, 4.69) is 17.2 Å². The van der Waals surface area contributed by atoms with Crippen molar-refractivity contribution in [3.63, 3.8) is 0 Å². The van der Waals surface area contributed by atoms with Gasteiger partial charge in [-0.1, -0.05) is 25.1 Å². The van der Waals surface area contributed by atoms with Crippen molar-refractivity contribution in [3.8, 4) is 0 Å². The Morgan fingerprint density at radius 1 is 1.18 bits per heavy atom. The molecule has 2 fully saturated rings. The molecule has 2 aromatic rings. The number of likely N-dealkylation sites (tertiary alicyclic amines) is 1. The summed E-state index contributed by atoms with van der Waals surface area (Å²) >= 11 is 0. The fourth-order valence-corrected chi connectivity index (χ4v) is 5.01. The van der Waals surface area contributed by atoms with Gasteiger partial charge in [0, 0.05) is 29.6 Å². The number of anilines is 1. The molecule has 1 aromatic carbocycles. The number of benzene rings is 1. The fourth-order valence-electron chi connectivity index (χ4n) is 5.01. The number of hydrogen-bond acceptors (Lipinski definition) is 3. The number of fused-ring (bicyclic) bond motifs is 1. The molecule has 1 aliphatic carbocycles. The lowest BCUT2D eigenvalue weighted by atomic mass is 9.74. The van der Waals surface area contributed by atoms with Gasteiger partial charge in [-0.3, -0.25) is 4.98 Å². The van der Waals surface area contributed by atoms with Crippen LogP contribution in [0, 0.1) is 18.8 Å². The van der Waals surface area contributed by atoms with Crippen molar-refractivity contribution < 1.29 is 9.90 Å².